The second kappa shape index (κ2) is 5.24. The molecule has 0 atom stereocenters. The maximum atomic E-state index is 5.99. The van der Waals surface area contributed by atoms with Gasteiger partial charge in [0.25, 0.3) is 0 Å². The summed E-state index contributed by atoms with van der Waals surface area (Å²) in [5.74, 6) is 2.57. The van der Waals surface area contributed by atoms with E-state index in [-0.39, 0.29) is 5.60 Å². The van der Waals surface area contributed by atoms with E-state index in [1.165, 1.54) is 5.56 Å². The third kappa shape index (κ3) is 2.91. The number of hydrogen-bond donors (Lipinski definition) is 1. The van der Waals surface area contributed by atoms with Gasteiger partial charge in [0, 0.05) is 30.8 Å². The minimum atomic E-state index is -0.192. The third-order valence-corrected chi connectivity index (χ3v) is 3.23. The Kier molecular flexibility index (Phi) is 3.41. The van der Waals surface area contributed by atoms with Crippen molar-refractivity contribution in [3.05, 3.63) is 36.0 Å². The Hall–Kier alpha value is -2.30. The molecule has 1 aromatic heterocycles. The molecule has 1 aliphatic rings. The molecule has 21 heavy (non-hydrogen) atoms. The normalized spacial score (nSPS) is 15.2. The molecule has 2 heterocycles. The molecule has 1 aliphatic heterocycles. The molecule has 5 heteroatoms. The molecule has 5 nitrogen and oxygen atoms in total. The monoisotopic (exact) mass is 285 g/mol. The van der Waals surface area contributed by atoms with Crippen LogP contribution >= 0.6 is 0 Å². The van der Waals surface area contributed by atoms with Gasteiger partial charge in [-0.2, -0.15) is 4.98 Å². The maximum Gasteiger partial charge on any atom is 0.225 e. The van der Waals surface area contributed by atoms with Crippen molar-refractivity contribution in [2.24, 2.45) is 0 Å². The van der Waals surface area contributed by atoms with Gasteiger partial charge in [-0.3, -0.25) is 0 Å². The minimum absolute atomic E-state index is 0.192. The van der Waals surface area contributed by atoms with E-state index in [0.29, 0.717) is 17.6 Å². The second-order valence-corrected chi connectivity index (χ2v) is 5.63. The van der Waals surface area contributed by atoms with Gasteiger partial charge < -0.3 is 14.8 Å². The van der Waals surface area contributed by atoms with E-state index in [1.54, 1.807) is 12.3 Å². The van der Waals surface area contributed by atoms with E-state index >= 15 is 0 Å². The SMILES string of the molecule is CCNc1nccc(Oc2cccc3c2OC(C)(C)C3)n1. The van der Waals surface area contributed by atoms with Gasteiger partial charge in [0.05, 0.1) is 0 Å². The molecular formula is C16H19N3O2. The van der Waals surface area contributed by atoms with Crippen molar-refractivity contribution in [2.75, 3.05) is 11.9 Å². The van der Waals surface area contributed by atoms with Crippen LogP contribution in [0.2, 0.25) is 0 Å². The van der Waals surface area contributed by atoms with Crippen LogP contribution in [0.5, 0.6) is 17.4 Å². The van der Waals surface area contributed by atoms with E-state index in [4.69, 9.17) is 9.47 Å². The number of nitrogens with one attached hydrogen (secondary N) is 1. The molecule has 2 aromatic rings. The van der Waals surface area contributed by atoms with Crippen LogP contribution in [0.3, 0.4) is 0 Å². The number of aromatic nitrogens is 2. The van der Waals surface area contributed by atoms with Crippen molar-refractivity contribution in [3.8, 4) is 17.4 Å². The Balaban J connectivity index is 1.87. The largest absolute Gasteiger partial charge is 0.483 e. The molecule has 1 aromatic carbocycles. The van der Waals surface area contributed by atoms with Crippen molar-refractivity contribution >= 4 is 5.95 Å². The number of nitrogens with zero attached hydrogens (tertiary/aromatic N) is 2. The van der Waals surface area contributed by atoms with Crippen molar-refractivity contribution in [2.45, 2.75) is 32.8 Å². The average Bonchev–Trinajstić information content (AvgIpc) is 2.75. The highest BCUT2D eigenvalue weighted by molar-refractivity contribution is 5.51. The summed E-state index contributed by atoms with van der Waals surface area (Å²) in [6.07, 6.45) is 2.56. The standard InChI is InChI=1S/C16H19N3O2/c1-4-17-15-18-9-8-13(19-15)20-12-7-5-6-11-10-16(2,3)21-14(11)12/h5-9H,4,10H2,1-3H3,(H,17,18,19). The topological polar surface area (TPSA) is 56.3 Å². The lowest BCUT2D eigenvalue weighted by atomic mass is 10.0. The van der Waals surface area contributed by atoms with E-state index in [2.05, 4.69) is 35.2 Å². The van der Waals surface area contributed by atoms with Crippen LogP contribution in [0.25, 0.3) is 0 Å². The molecule has 0 unspecified atom stereocenters. The number of para-hydroxylation sites is 1. The molecule has 110 valence electrons. The van der Waals surface area contributed by atoms with Gasteiger partial charge in [0.15, 0.2) is 11.5 Å². The highest BCUT2D eigenvalue weighted by atomic mass is 16.5. The van der Waals surface area contributed by atoms with Crippen LogP contribution in [0.15, 0.2) is 30.5 Å². The average molecular weight is 285 g/mol. The maximum absolute atomic E-state index is 5.99. The second-order valence-electron chi connectivity index (χ2n) is 5.63. The zero-order valence-electron chi connectivity index (χ0n) is 12.5. The zero-order chi connectivity index (χ0) is 14.9. The lowest BCUT2D eigenvalue weighted by molar-refractivity contribution is 0.135. The van der Waals surface area contributed by atoms with E-state index < -0.39 is 0 Å². The number of fused-ring (bicyclic) bond motifs is 1. The van der Waals surface area contributed by atoms with Gasteiger partial charge >= 0.3 is 0 Å². The van der Waals surface area contributed by atoms with Gasteiger partial charge in [0.1, 0.15) is 5.60 Å². The first-order chi connectivity index (χ1) is 10.1. The van der Waals surface area contributed by atoms with Gasteiger partial charge in [-0.15, -0.1) is 0 Å². The predicted octanol–water partition coefficient (Wildman–Crippen LogP) is 3.41. The number of benzene rings is 1. The van der Waals surface area contributed by atoms with E-state index in [9.17, 15) is 0 Å². The van der Waals surface area contributed by atoms with Gasteiger partial charge in [-0.05, 0) is 26.8 Å². The lowest BCUT2D eigenvalue weighted by Crippen LogP contribution is -2.24. The third-order valence-electron chi connectivity index (χ3n) is 3.23. The number of anilines is 1. The van der Waals surface area contributed by atoms with E-state index in [1.807, 2.05) is 19.1 Å². The van der Waals surface area contributed by atoms with Crippen LogP contribution in [0, 0.1) is 0 Å². The fraction of sp³-hybridized carbons (Fsp3) is 0.375. The summed E-state index contributed by atoms with van der Waals surface area (Å²) in [5, 5.41) is 3.07. The number of ether oxygens (including phenoxy) is 2. The molecule has 0 saturated carbocycles. The number of hydrogen-bond acceptors (Lipinski definition) is 5. The summed E-state index contributed by atoms with van der Waals surface area (Å²) >= 11 is 0. The molecule has 3 rings (SSSR count). The first-order valence-corrected chi connectivity index (χ1v) is 7.13. The Morgan fingerprint density at radius 2 is 2.19 bits per heavy atom. The molecule has 0 bridgehead atoms. The van der Waals surface area contributed by atoms with Crippen molar-refractivity contribution in [1.82, 2.24) is 9.97 Å². The molecule has 0 aliphatic carbocycles. The van der Waals surface area contributed by atoms with Crippen LogP contribution in [0.4, 0.5) is 5.95 Å². The summed E-state index contributed by atoms with van der Waals surface area (Å²) in [4.78, 5) is 8.45. The van der Waals surface area contributed by atoms with Crippen LogP contribution < -0.4 is 14.8 Å². The fourth-order valence-corrected chi connectivity index (χ4v) is 2.42. The quantitative estimate of drug-likeness (QED) is 0.933. The summed E-state index contributed by atoms with van der Waals surface area (Å²) in [5.41, 5.74) is 0.973. The summed E-state index contributed by atoms with van der Waals surface area (Å²) in [6, 6.07) is 7.68. The summed E-state index contributed by atoms with van der Waals surface area (Å²) in [7, 11) is 0. The molecule has 0 radical (unpaired) electrons. The van der Waals surface area contributed by atoms with Crippen molar-refractivity contribution < 1.29 is 9.47 Å². The molecule has 0 spiro atoms. The minimum Gasteiger partial charge on any atom is -0.483 e. The smallest absolute Gasteiger partial charge is 0.225 e. The van der Waals surface area contributed by atoms with E-state index in [0.717, 1.165) is 18.7 Å². The van der Waals surface area contributed by atoms with Gasteiger partial charge in [-0.1, -0.05) is 12.1 Å². The zero-order valence-corrected chi connectivity index (χ0v) is 12.5. The summed E-state index contributed by atoms with van der Waals surface area (Å²) in [6.45, 7) is 6.91. The first-order valence-electron chi connectivity index (χ1n) is 7.13. The molecule has 0 fully saturated rings. The Labute approximate surface area is 124 Å². The predicted molar refractivity (Wildman–Crippen MR) is 81.1 cm³/mol. The highest BCUT2D eigenvalue weighted by Gasteiger charge is 2.32. The Morgan fingerprint density at radius 3 is 3.00 bits per heavy atom. The fourth-order valence-electron chi connectivity index (χ4n) is 2.42. The first kappa shape index (κ1) is 13.7. The Bertz CT molecular complexity index is 656. The highest BCUT2D eigenvalue weighted by Crippen LogP contribution is 2.43. The lowest BCUT2D eigenvalue weighted by Gasteiger charge is -2.18. The van der Waals surface area contributed by atoms with Crippen LogP contribution in [0.1, 0.15) is 26.3 Å². The molecule has 0 saturated heterocycles. The van der Waals surface area contributed by atoms with Crippen LogP contribution in [-0.2, 0) is 6.42 Å². The van der Waals surface area contributed by atoms with Crippen molar-refractivity contribution in [3.63, 3.8) is 0 Å². The molecule has 0 amide bonds. The number of rotatable bonds is 4. The van der Waals surface area contributed by atoms with Crippen molar-refractivity contribution in [1.29, 1.82) is 0 Å². The molecule has 1 N–H and O–H groups in total. The molecular weight excluding hydrogens is 266 g/mol. The van der Waals surface area contributed by atoms with Crippen LogP contribution in [-0.4, -0.2) is 22.1 Å². The Morgan fingerprint density at radius 1 is 1.33 bits per heavy atom. The summed E-state index contributed by atoms with van der Waals surface area (Å²) < 4.78 is 11.9. The van der Waals surface area contributed by atoms with Gasteiger partial charge in [-0.25, -0.2) is 4.98 Å². The van der Waals surface area contributed by atoms with Gasteiger partial charge in [0.2, 0.25) is 11.8 Å².